The van der Waals surface area contributed by atoms with E-state index in [1.807, 2.05) is 6.92 Å². The molecule has 2 aliphatic heterocycles. The SMILES string of the molecule is CC1(CN)S[C@@H]2CC(=O)N2[C@H]1C(=O)O. The first-order valence-corrected chi connectivity index (χ1v) is 5.29. The lowest BCUT2D eigenvalue weighted by Crippen LogP contribution is -2.58. The number of carbonyl (C=O) groups is 2. The molecule has 0 aromatic carbocycles. The monoisotopic (exact) mass is 216 g/mol. The Hall–Kier alpha value is -0.750. The van der Waals surface area contributed by atoms with Crippen LogP contribution >= 0.6 is 11.8 Å². The maximum atomic E-state index is 11.2. The Morgan fingerprint density at radius 1 is 1.86 bits per heavy atom. The third-order valence-electron chi connectivity index (χ3n) is 2.85. The summed E-state index contributed by atoms with van der Waals surface area (Å²) in [7, 11) is 0. The highest BCUT2D eigenvalue weighted by Crippen LogP contribution is 2.50. The average Bonchev–Trinajstić information content (AvgIpc) is 2.35. The van der Waals surface area contributed by atoms with Gasteiger partial charge in [0, 0.05) is 6.54 Å². The summed E-state index contributed by atoms with van der Waals surface area (Å²) in [4.78, 5) is 23.7. The van der Waals surface area contributed by atoms with Gasteiger partial charge in [-0.25, -0.2) is 4.79 Å². The standard InChI is InChI=1S/C8H12N2O3S/c1-8(3-9)6(7(12)13)10-4(11)2-5(10)14-8/h5-6H,2-3,9H2,1H3,(H,12,13)/t5-,6+,8?/m1/s1. The van der Waals surface area contributed by atoms with E-state index in [2.05, 4.69) is 0 Å². The summed E-state index contributed by atoms with van der Waals surface area (Å²) in [5.74, 6) is -1.03. The molecule has 0 spiro atoms. The number of hydrogen-bond acceptors (Lipinski definition) is 4. The summed E-state index contributed by atoms with van der Waals surface area (Å²) in [5, 5.41) is 9.08. The molecule has 0 radical (unpaired) electrons. The van der Waals surface area contributed by atoms with E-state index in [4.69, 9.17) is 10.8 Å². The van der Waals surface area contributed by atoms with Gasteiger partial charge in [-0.3, -0.25) is 4.79 Å². The maximum Gasteiger partial charge on any atom is 0.327 e. The second-order valence-corrected chi connectivity index (χ2v) is 5.55. The lowest BCUT2D eigenvalue weighted by molar-refractivity contribution is -0.157. The highest BCUT2D eigenvalue weighted by Gasteiger charge is 2.59. The zero-order valence-electron chi connectivity index (χ0n) is 7.77. The number of nitrogens with two attached hydrogens (primary N) is 1. The molecule has 78 valence electrons. The second-order valence-electron chi connectivity index (χ2n) is 3.84. The van der Waals surface area contributed by atoms with Gasteiger partial charge in [0.05, 0.1) is 16.5 Å². The van der Waals surface area contributed by atoms with E-state index in [9.17, 15) is 9.59 Å². The van der Waals surface area contributed by atoms with Crippen molar-refractivity contribution < 1.29 is 14.7 Å². The molecule has 5 nitrogen and oxygen atoms in total. The molecule has 1 amide bonds. The van der Waals surface area contributed by atoms with Crippen LogP contribution in [0, 0.1) is 0 Å². The highest BCUT2D eigenvalue weighted by atomic mass is 32.2. The van der Waals surface area contributed by atoms with Crippen molar-refractivity contribution in [3.05, 3.63) is 0 Å². The number of β-lactam (4-membered cyclic amide) rings is 1. The first-order chi connectivity index (χ1) is 6.49. The number of hydrogen-bond donors (Lipinski definition) is 2. The Kier molecular flexibility index (Phi) is 2.01. The Bertz CT molecular complexity index is 309. The van der Waals surface area contributed by atoms with Gasteiger partial charge < -0.3 is 15.7 Å². The molecule has 0 saturated carbocycles. The molecule has 6 heteroatoms. The topological polar surface area (TPSA) is 83.6 Å². The minimum absolute atomic E-state index is 0.0251. The Morgan fingerprint density at radius 3 is 2.93 bits per heavy atom. The van der Waals surface area contributed by atoms with Crippen molar-refractivity contribution in [1.29, 1.82) is 0 Å². The van der Waals surface area contributed by atoms with Gasteiger partial charge in [-0.15, -0.1) is 11.8 Å². The zero-order valence-corrected chi connectivity index (χ0v) is 8.58. The van der Waals surface area contributed by atoms with Gasteiger partial charge in [-0.05, 0) is 6.92 Å². The zero-order chi connectivity index (χ0) is 10.5. The first kappa shape index (κ1) is 9.79. The number of aliphatic carboxylic acids is 1. The first-order valence-electron chi connectivity index (χ1n) is 4.41. The van der Waals surface area contributed by atoms with Gasteiger partial charge in [0.2, 0.25) is 5.91 Å². The van der Waals surface area contributed by atoms with E-state index in [1.165, 1.54) is 16.7 Å². The van der Waals surface area contributed by atoms with Crippen molar-refractivity contribution in [3.8, 4) is 0 Å². The lowest BCUT2D eigenvalue weighted by atomic mass is 9.97. The van der Waals surface area contributed by atoms with Crippen LogP contribution in [0.25, 0.3) is 0 Å². The molecular weight excluding hydrogens is 204 g/mol. The molecule has 3 atom stereocenters. The van der Waals surface area contributed by atoms with E-state index < -0.39 is 16.8 Å². The fourth-order valence-corrected chi connectivity index (χ4v) is 3.66. The van der Waals surface area contributed by atoms with Crippen LogP contribution in [0.15, 0.2) is 0 Å². The summed E-state index contributed by atoms with van der Waals surface area (Å²) in [5.41, 5.74) is 5.57. The third kappa shape index (κ3) is 1.07. The van der Waals surface area contributed by atoms with Gasteiger partial charge in [0.25, 0.3) is 0 Å². The molecule has 0 aliphatic carbocycles. The van der Waals surface area contributed by atoms with Crippen molar-refractivity contribution in [3.63, 3.8) is 0 Å². The number of rotatable bonds is 2. The number of carbonyl (C=O) groups excluding carboxylic acids is 1. The average molecular weight is 216 g/mol. The van der Waals surface area contributed by atoms with Crippen LogP contribution in [0.3, 0.4) is 0 Å². The molecule has 2 aliphatic rings. The molecule has 2 fully saturated rings. The van der Waals surface area contributed by atoms with Gasteiger partial charge in [-0.2, -0.15) is 0 Å². The quantitative estimate of drug-likeness (QED) is 0.606. The molecule has 0 aromatic rings. The smallest absolute Gasteiger partial charge is 0.327 e. The van der Waals surface area contributed by atoms with Crippen LogP contribution in [0.1, 0.15) is 13.3 Å². The van der Waals surface area contributed by atoms with E-state index in [-0.39, 0.29) is 17.8 Å². The van der Waals surface area contributed by atoms with Crippen LogP contribution < -0.4 is 5.73 Å². The number of fused-ring (bicyclic) bond motifs is 1. The molecule has 1 unspecified atom stereocenters. The van der Waals surface area contributed by atoms with Gasteiger partial charge in [0.15, 0.2) is 0 Å². The van der Waals surface area contributed by atoms with Gasteiger partial charge in [-0.1, -0.05) is 0 Å². The number of carboxylic acids is 1. The van der Waals surface area contributed by atoms with Crippen molar-refractivity contribution in [2.24, 2.45) is 5.73 Å². The molecular formula is C8H12N2O3S. The number of nitrogens with zero attached hydrogens (tertiary/aromatic N) is 1. The van der Waals surface area contributed by atoms with Gasteiger partial charge >= 0.3 is 5.97 Å². The number of thioether (sulfide) groups is 1. The summed E-state index contributed by atoms with van der Waals surface area (Å²) >= 11 is 1.50. The highest BCUT2D eigenvalue weighted by molar-refractivity contribution is 8.01. The molecule has 0 bridgehead atoms. The van der Waals surface area contributed by atoms with E-state index >= 15 is 0 Å². The minimum atomic E-state index is -0.957. The van der Waals surface area contributed by atoms with Crippen LogP contribution in [0.5, 0.6) is 0 Å². The summed E-state index contributed by atoms with van der Waals surface area (Å²) < 4.78 is -0.539. The second kappa shape index (κ2) is 2.87. The maximum absolute atomic E-state index is 11.2. The summed E-state index contributed by atoms with van der Waals surface area (Å²) in [6.07, 6.45) is 0.448. The van der Waals surface area contributed by atoms with Crippen molar-refractivity contribution >= 4 is 23.6 Å². The fourth-order valence-electron chi connectivity index (χ4n) is 2.02. The Balaban J connectivity index is 2.31. The van der Waals surface area contributed by atoms with Crippen molar-refractivity contribution in [2.45, 2.75) is 29.5 Å². The van der Waals surface area contributed by atoms with Crippen molar-refractivity contribution in [1.82, 2.24) is 4.90 Å². The normalized spacial score (nSPS) is 40.7. The number of amides is 1. The van der Waals surface area contributed by atoms with Crippen LogP contribution in [0.2, 0.25) is 0 Å². The molecule has 2 heterocycles. The third-order valence-corrected chi connectivity index (χ3v) is 4.44. The Morgan fingerprint density at radius 2 is 2.50 bits per heavy atom. The lowest BCUT2D eigenvalue weighted by Gasteiger charge is -2.36. The molecule has 2 rings (SSSR count). The predicted octanol–water partition coefficient (Wildman–Crippen LogP) is -0.538. The largest absolute Gasteiger partial charge is 0.480 e. The van der Waals surface area contributed by atoms with Crippen LogP contribution in [0.4, 0.5) is 0 Å². The van der Waals surface area contributed by atoms with Crippen LogP contribution in [-0.4, -0.2) is 44.6 Å². The van der Waals surface area contributed by atoms with Gasteiger partial charge in [0.1, 0.15) is 6.04 Å². The van der Waals surface area contributed by atoms with E-state index in [1.54, 1.807) is 0 Å². The number of carboxylic acid groups (broad SMARTS) is 1. The van der Waals surface area contributed by atoms with E-state index in [0.717, 1.165) is 0 Å². The fraction of sp³-hybridized carbons (Fsp3) is 0.750. The molecule has 3 N–H and O–H groups in total. The predicted molar refractivity (Wildman–Crippen MR) is 51.7 cm³/mol. The van der Waals surface area contributed by atoms with Crippen LogP contribution in [-0.2, 0) is 9.59 Å². The van der Waals surface area contributed by atoms with Crippen molar-refractivity contribution in [2.75, 3.05) is 6.54 Å². The van der Waals surface area contributed by atoms with E-state index in [0.29, 0.717) is 6.42 Å². The molecule has 2 saturated heterocycles. The molecule has 14 heavy (non-hydrogen) atoms. The molecule has 0 aromatic heterocycles. The summed E-state index contributed by atoms with van der Waals surface area (Å²) in [6, 6.07) is -0.760. The summed E-state index contributed by atoms with van der Waals surface area (Å²) in [6.45, 7) is 2.08. The Labute approximate surface area is 85.6 Å². The minimum Gasteiger partial charge on any atom is -0.480 e.